The Labute approximate surface area is 202 Å². The van der Waals surface area contributed by atoms with Crippen LogP contribution in [0.2, 0.25) is 0 Å². The summed E-state index contributed by atoms with van der Waals surface area (Å²) in [6, 6.07) is 5.42. The van der Waals surface area contributed by atoms with Crippen LogP contribution in [0.15, 0.2) is 40.1 Å². The highest BCUT2D eigenvalue weighted by molar-refractivity contribution is 14.2. The van der Waals surface area contributed by atoms with Crippen LogP contribution in [0.25, 0.3) is 0 Å². The number of hydrogen-bond donors (Lipinski definition) is 1. The molecule has 0 fully saturated rings. The van der Waals surface area contributed by atoms with Crippen LogP contribution >= 0.6 is 40.0 Å². The number of anilines is 1. The number of rotatable bonds is 7. The van der Waals surface area contributed by atoms with Crippen LogP contribution in [-0.4, -0.2) is 45.6 Å². The Kier molecular flexibility index (Phi) is 8.05. The molecule has 0 amide bonds. The maximum Gasteiger partial charge on any atom is 0.416 e. The number of benzene rings is 1. The van der Waals surface area contributed by atoms with Gasteiger partial charge in [-0.25, -0.2) is 0 Å². The lowest BCUT2D eigenvalue weighted by Crippen LogP contribution is -2.32. The number of allylic oxidation sites excluding steroid dienone is 2. The van der Waals surface area contributed by atoms with E-state index in [1.807, 2.05) is 4.90 Å². The molecule has 1 aromatic heterocycles. The van der Waals surface area contributed by atoms with Crippen LogP contribution in [-0.2, 0) is 30.5 Å². The van der Waals surface area contributed by atoms with Gasteiger partial charge in [0, 0.05) is 37.8 Å². The molecule has 13 heteroatoms. The lowest BCUT2D eigenvalue weighted by molar-refractivity contribution is -0.138. The fourth-order valence-electron chi connectivity index (χ4n) is 3.47. The molecule has 0 saturated heterocycles. The zero-order valence-electron chi connectivity index (χ0n) is 16.9. The Hall–Kier alpha value is -1.85. The molecule has 0 aliphatic carbocycles. The van der Waals surface area contributed by atoms with E-state index in [4.69, 9.17) is 17.3 Å². The predicted molar refractivity (Wildman–Crippen MR) is 129 cm³/mol. The Balaban J connectivity index is 1.90. The molecular weight excluding hydrogens is 579 g/mol. The first-order chi connectivity index (χ1) is 15.2. The summed E-state index contributed by atoms with van der Waals surface area (Å²) in [5.74, 6) is 0.235. The highest BCUT2D eigenvalue weighted by atomic mass is 127. The molecule has 2 N–H and O–H groups in total. The minimum atomic E-state index is -4.46. The predicted octanol–water partition coefficient (Wildman–Crippen LogP) is 4.40. The molecule has 1 aliphatic rings. The molecule has 0 saturated carbocycles. The molecule has 2 heterocycles. The number of halogens is 5. The second kappa shape index (κ2) is 10.4. The molecular formula is C19H20ClF3IN6OP. The second-order valence-electron chi connectivity index (χ2n) is 7.00. The quantitative estimate of drug-likeness (QED) is 0.128. The third-order valence-electron chi connectivity index (χ3n) is 4.97. The monoisotopic (exact) mass is 598 g/mol. The van der Waals surface area contributed by atoms with Crippen molar-refractivity contribution in [3.63, 3.8) is 0 Å². The number of nitrogens with zero attached hydrogens (tertiary/aromatic N) is 5. The van der Waals surface area contributed by atoms with Gasteiger partial charge in [0.1, 0.15) is 5.03 Å². The van der Waals surface area contributed by atoms with Crippen molar-refractivity contribution in [2.24, 2.45) is 5.10 Å². The highest BCUT2D eigenvalue weighted by Crippen LogP contribution is 2.33. The number of carbonyl (C=O) groups is 1. The molecule has 0 bridgehead atoms. The molecule has 172 valence electrons. The van der Waals surface area contributed by atoms with Crippen molar-refractivity contribution < 1.29 is 18.0 Å². The van der Waals surface area contributed by atoms with Gasteiger partial charge in [-0.3, -0.25) is 14.3 Å². The van der Waals surface area contributed by atoms with Crippen LogP contribution in [0.1, 0.15) is 22.4 Å². The summed E-state index contributed by atoms with van der Waals surface area (Å²) in [6.45, 7) is 0.736. The first-order valence-corrected chi connectivity index (χ1v) is 13.8. The SMILES string of the molecule is CN(/N=C\C(=C(\Cl)C=O)N1CCc2c(c(N)nn2Cc2ccccc2C(F)(F)F)C1)PI. The number of aldehydes is 1. The number of hydrazone groups is 1. The maximum atomic E-state index is 13.4. The number of nitrogen functional groups attached to an aromatic ring is 1. The molecule has 7 nitrogen and oxygen atoms in total. The van der Waals surface area contributed by atoms with Crippen molar-refractivity contribution in [3.8, 4) is 0 Å². The summed E-state index contributed by atoms with van der Waals surface area (Å²) in [7, 11) is 1.79. The molecule has 32 heavy (non-hydrogen) atoms. The van der Waals surface area contributed by atoms with E-state index in [2.05, 4.69) is 32.2 Å². The van der Waals surface area contributed by atoms with Gasteiger partial charge in [-0.2, -0.15) is 23.4 Å². The van der Waals surface area contributed by atoms with Crippen molar-refractivity contribution >= 4 is 58.3 Å². The first-order valence-electron chi connectivity index (χ1n) is 9.38. The number of carbonyl (C=O) groups excluding carboxylic acids is 1. The number of hydrogen-bond acceptors (Lipinski definition) is 6. The van der Waals surface area contributed by atoms with Crippen molar-refractivity contribution in [1.82, 2.24) is 19.5 Å². The number of nitrogens with two attached hydrogens (primary N) is 1. The highest BCUT2D eigenvalue weighted by Gasteiger charge is 2.33. The fraction of sp³-hybridized carbons (Fsp3) is 0.316. The topological polar surface area (TPSA) is 79.8 Å². The van der Waals surface area contributed by atoms with E-state index in [-0.39, 0.29) is 23.0 Å². The van der Waals surface area contributed by atoms with Crippen LogP contribution in [0, 0.1) is 0 Å². The molecule has 2 aromatic rings. The normalized spacial score (nSPS) is 15.4. The van der Waals surface area contributed by atoms with E-state index in [1.54, 1.807) is 17.9 Å². The molecule has 1 aromatic carbocycles. The van der Waals surface area contributed by atoms with E-state index >= 15 is 0 Å². The van der Waals surface area contributed by atoms with Gasteiger partial charge in [0.15, 0.2) is 12.1 Å². The zero-order valence-corrected chi connectivity index (χ0v) is 20.8. The third-order valence-corrected chi connectivity index (χ3v) is 7.71. The Bertz CT molecular complexity index is 1060. The van der Waals surface area contributed by atoms with Crippen LogP contribution < -0.4 is 5.73 Å². The van der Waals surface area contributed by atoms with Gasteiger partial charge < -0.3 is 10.6 Å². The standard InChI is InChI=1S/C19H20ClF3IN6OP/c1-28(32-24)26-8-17(15(20)11-31)29-7-6-16-13(10-29)18(25)27-30(16)9-12-4-2-3-5-14(12)19(21,22)23/h2-5,8,11,32H,6-7,9-10H2,1H3,(H2,25,27)/b17-15-,26-8-. The molecule has 0 radical (unpaired) electrons. The maximum absolute atomic E-state index is 13.4. The minimum Gasteiger partial charge on any atom is -0.382 e. The fourth-order valence-corrected chi connectivity index (χ4v) is 4.11. The smallest absolute Gasteiger partial charge is 0.382 e. The first kappa shape index (κ1) is 24.8. The molecule has 3 rings (SSSR count). The summed E-state index contributed by atoms with van der Waals surface area (Å²) < 4.78 is 43.4. The van der Waals surface area contributed by atoms with Crippen molar-refractivity contribution in [2.75, 3.05) is 19.3 Å². The van der Waals surface area contributed by atoms with Crippen LogP contribution in [0.5, 0.6) is 0 Å². The second-order valence-corrected chi connectivity index (χ2v) is 9.67. The van der Waals surface area contributed by atoms with Gasteiger partial charge in [0.25, 0.3) is 0 Å². The average molecular weight is 599 g/mol. The number of aromatic nitrogens is 2. The van der Waals surface area contributed by atoms with Gasteiger partial charge >= 0.3 is 6.18 Å². The zero-order chi connectivity index (χ0) is 23.5. The van der Waals surface area contributed by atoms with E-state index < -0.39 is 11.7 Å². The van der Waals surface area contributed by atoms with E-state index in [1.165, 1.54) is 23.0 Å². The van der Waals surface area contributed by atoms with Gasteiger partial charge in [-0.15, -0.1) is 0 Å². The van der Waals surface area contributed by atoms with Crippen LogP contribution in [0.3, 0.4) is 0 Å². The van der Waals surface area contributed by atoms with Crippen molar-refractivity contribution in [1.29, 1.82) is 0 Å². The van der Waals surface area contributed by atoms with E-state index in [0.717, 1.165) is 11.8 Å². The van der Waals surface area contributed by atoms with Crippen molar-refractivity contribution in [2.45, 2.75) is 25.7 Å². The molecule has 1 atom stereocenters. The van der Waals surface area contributed by atoms with Gasteiger partial charge in [0.05, 0.1) is 30.4 Å². The van der Waals surface area contributed by atoms with Gasteiger partial charge in [0.2, 0.25) is 0 Å². The molecule has 1 unspecified atom stereocenters. The van der Waals surface area contributed by atoms with Gasteiger partial charge in [-0.05, 0) is 33.7 Å². The molecule has 1 aliphatic heterocycles. The largest absolute Gasteiger partial charge is 0.416 e. The number of fused-ring (bicyclic) bond motifs is 1. The third kappa shape index (κ3) is 5.55. The van der Waals surface area contributed by atoms with Gasteiger partial charge in [-0.1, -0.05) is 29.8 Å². The average Bonchev–Trinajstić information content (AvgIpc) is 3.07. The van der Waals surface area contributed by atoms with E-state index in [0.29, 0.717) is 43.4 Å². The van der Waals surface area contributed by atoms with Crippen molar-refractivity contribution in [3.05, 3.63) is 57.4 Å². The lowest BCUT2D eigenvalue weighted by Gasteiger charge is -2.30. The number of alkyl halides is 3. The summed E-state index contributed by atoms with van der Waals surface area (Å²) >= 11 is 8.31. The van der Waals surface area contributed by atoms with E-state index in [9.17, 15) is 18.0 Å². The Morgan fingerprint density at radius 3 is 2.81 bits per heavy atom. The minimum absolute atomic E-state index is 0.00691. The summed E-state index contributed by atoms with van der Waals surface area (Å²) in [4.78, 5) is 13.2. The lowest BCUT2D eigenvalue weighted by atomic mass is 10.0. The molecule has 0 spiro atoms. The summed E-state index contributed by atoms with van der Waals surface area (Å²) in [5, 5.41) is 8.57. The Morgan fingerprint density at radius 1 is 1.44 bits per heavy atom. The summed E-state index contributed by atoms with van der Waals surface area (Å²) in [6.07, 6.45) is -1.51. The Morgan fingerprint density at radius 2 is 2.16 bits per heavy atom. The summed E-state index contributed by atoms with van der Waals surface area (Å²) in [5.41, 5.74) is 7.45. The van der Waals surface area contributed by atoms with Crippen LogP contribution in [0.4, 0.5) is 19.0 Å².